The highest BCUT2D eigenvalue weighted by molar-refractivity contribution is 7.99. The van der Waals surface area contributed by atoms with Crippen LogP contribution in [0.4, 0.5) is 4.39 Å². The minimum atomic E-state index is -0.381. The van der Waals surface area contributed by atoms with Gasteiger partial charge in [-0.25, -0.2) is 9.37 Å². The number of rotatable bonds is 5. The molecule has 0 spiro atoms. The molecule has 0 fully saturated rings. The number of hydrogen-bond donors (Lipinski definition) is 1. The summed E-state index contributed by atoms with van der Waals surface area (Å²) in [6, 6.07) is 7.23. The van der Waals surface area contributed by atoms with Gasteiger partial charge < -0.3 is 4.98 Å². The third kappa shape index (κ3) is 3.12. The van der Waals surface area contributed by atoms with E-state index in [2.05, 4.69) is 9.97 Å². The molecule has 3 aromatic rings. The average molecular weight is 345 g/mol. The number of halogens is 1. The number of nitrogens with one attached hydrogen (secondary N) is 1. The third-order valence-corrected chi connectivity index (χ3v) is 4.63. The molecule has 0 aliphatic carbocycles. The SMILES string of the molecule is CCn1c(SCC(=O)c2ccc(F)cc2)nc2cc(C)[nH]c2c1=O. The summed E-state index contributed by atoms with van der Waals surface area (Å²) in [4.78, 5) is 32.2. The first-order chi connectivity index (χ1) is 11.5. The zero-order valence-electron chi connectivity index (χ0n) is 13.3. The molecule has 0 saturated heterocycles. The number of aryl methyl sites for hydroxylation is 1. The van der Waals surface area contributed by atoms with Crippen LogP contribution in [0.3, 0.4) is 0 Å². The van der Waals surface area contributed by atoms with Gasteiger partial charge >= 0.3 is 0 Å². The minimum absolute atomic E-state index is 0.132. The van der Waals surface area contributed by atoms with Gasteiger partial charge in [-0.05, 0) is 44.2 Å². The first kappa shape index (κ1) is 16.4. The van der Waals surface area contributed by atoms with Crippen LogP contribution in [-0.4, -0.2) is 26.1 Å². The fraction of sp³-hybridized carbons (Fsp3) is 0.235. The molecule has 24 heavy (non-hydrogen) atoms. The van der Waals surface area contributed by atoms with E-state index in [9.17, 15) is 14.0 Å². The number of thioether (sulfide) groups is 1. The molecule has 5 nitrogen and oxygen atoms in total. The standard InChI is InChI=1S/C17H16FN3O2S/c1-3-21-16(23)15-13(8-10(2)19-15)20-17(21)24-9-14(22)11-4-6-12(18)7-5-11/h4-8,19H,3,9H2,1-2H3. The van der Waals surface area contributed by atoms with Crippen LogP contribution in [-0.2, 0) is 6.54 Å². The minimum Gasteiger partial charge on any atom is -0.353 e. The van der Waals surface area contributed by atoms with E-state index in [1.165, 1.54) is 36.0 Å². The van der Waals surface area contributed by atoms with E-state index in [1.54, 1.807) is 4.57 Å². The lowest BCUT2D eigenvalue weighted by Gasteiger charge is -2.09. The van der Waals surface area contributed by atoms with Crippen LogP contribution < -0.4 is 5.56 Å². The zero-order chi connectivity index (χ0) is 17.3. The van der Waals surface area contributed by atoms with E-state index in [4.69, 9.17) is 0 Å². The van der Waals surface area contributed by atoms with Crippen LogP contribution >= 0.6 is 11.8 Å². The second-order valence-electron chi connectivity index (χ2n) is 5.38. The van der Waals surface area contributed by atoms with Gasteiger partial charge in [0, 0.05) is 17.8 Å². The van der Waals surface area contributed by atoms with Gasteiger partial charge in [0.2, 0.25) is 0 Å². The fourth-order valence-corrected chi connectivity index (χ4v) is 3.41. The lowest BCUT2D eigenvalue weighted by molar-refractivity contribution is 0.102. The lowest BCUT2D eigenvalue weighted by atomic mass is 10.1. The van der Waals surface area contributed by atoms with Crippen molar-refractivity contribution in [3.8, 4) is 0 Å². The van der Waals surface area contributed by atoms with Gasteiger partial charge in [0.25, 0.3) is 5.56 Å². The Bertz CT molecular complexity index is 960. The van der Waals surface area contributed by atoms with E-state index in [-0.39, 0.29) is 22.9 Å². The molecule has 124 valence electrons. The van der Waals surface area contributed by atoms with Crippen molar-refractivity contribution in [1.82, 2.24) is 14.5 Å². The van der Waals surface area contributed by atoms with Gasteiger partial charge in [0.15, 0.2) is 10.9 Å². The molecule has 0 saturated carbocycles. The highest BCUT2D eigenvalue weighted by Gasteiger charge is 2.14. The van der Waals surface area contributed by atoms with Gasteiger partial charge in [-0.3, -0.25) is 14.2 Å². The maximum absolute atomic E-state index is 12.9. The van der Waals surface area contributed by atoms with Crippen LogP contribution in [0.2, 0.25) is 0 Å². The molecule has 0 bridgehead atoms. The number of fused-ring (bicyclic) bond motifs is 1. The summed E-state index contributed by atoms with van der Waals surface area (Å²) in [5.41, 5.74) is 2.23. The number of H-pyrrole nitrogens is 1. The van der Waals surface area contributed by atoms with Crippen LogP contribution in [0.15, 0.2) is 40.3 Å². The molecule has 1 aromatic carbocycles. The molecule has 7 heteroatoms. The van der Waals surface area contributed by atoms with Crippen LogP contribution in [0.25, 0.3) is 11.0 Å². The monoisotopic (exact) mass is 345 g/mol. The largest absolute Gasteiger partial charge is 0.353 e. The van der Waals surface area contributed by atoms with E-state index in [0.717, 1.165) is 5.69 Å². The zero-order valence-corrected chi connectivity index (χ0v) is 14.1. The Hall–Kier alpha value is -2.41. The molecule has 0 amide bonds. The second-order valence-corrected chi connectivity index (χ2v) is 6.32. The van der Waals surface area contributed by atoms with Crippen molar-refractivity contribution < 1.29 is 9.18 Å². The Morgan fingerprint density at radius 1 is 1.33 bits per heavy atom. The summed E-state index contributed by atoms with van der Waals surface area (Å²) in [6.45, 7) is 4.19. The van der Waals surface area contributed by atoms with Gasteiger partial charge in [0.05, 0.1) is 11.3 Å². The predicted octanol–water partition coefficient (Wildman–Crippen LogP) is 3.17. The lowest BCUT2D eigenvalue weighted by Crippen LogP contribution is -2.23. The molecule has 0 aliphatic rings. The van der Waals surface area contributed by atoms with Crippen molar-refractivity contribution >= 4 is 28.6 Å². The topological polar surface area (TPSA) is 67.8 Å². The number of aromatic amines is 1. The number of aromatic nitrogens is 3. The maximum Gasteiger partial charge on any atom is 0.278 e. The number of nitrogens with zero attached hydrogens (tertiary/aromatic N) is 2. The number of carbonyl (C=O) groups excluding carboxylic acids is 1. The number of ketones is 1. The van der Waals surface area contributed by atoms with Gasteiger partial charge in [-0.1, -0.05) is 11.8 Å². The Morgan fingerprint density at radius 3 is 2.71 bits per heavy atom. The summed E-state index contributed by atoms with van der Waals surface area (Å²) < 4.78 is 14.5. The van der Waals surface area contributed by atoms with Gasteiger partial charge in [-0.2, -0.15) is 0 Å². The Labute approximate surface area is 141 Å². The van der Waals surface area contributed by atoms with Gasteiger partial charge in [-0.15, -0.1) is 0 Å². The number of carbonyl (C=O) groups is 1. The molecular formula is C17H16FN3O2S. The summed E-state index contributed by atoms with van der Waals surface area (Å²) >= 11 is 1.21. The van der Waals surface area contributed by atoms with Crippen molar-refractivity contribution in [2.24, 2.45) is 0 Å². The molecule has 2 aromatic heterocycles. The van der Waals surface area contributed by atoms with Gasteiger partial charge in [0.1, 0.15) is 11.3 Å². The molecule has 0 radical (unpaired) electrons. The predicted molar refractivity (Wildman–Crippen MR) is 92.2 cm³/mol. The Balaban J connectivity index is 1.88. The summed E-state index contributed by atoms with van der Waals surface area (Å²) in [6.07, 6.45) is 0. The van der Waals surface area contributed by atoms with E-state index >= 15 is 0 Å². The smallest absolute Gasteiger partial charge is 0.278 e. The van der Waals surface area contributed by atoms with Crippen LogP contribution in [0.1, 0.15) is 23.0 Å². The van der Waals surface area contributed by atoms with Crippen molar-refractivity contribution in [2.45, 2.75) is 25.5 Å². The number of benzene rings is 1. The summed E-state index contributed by atoms with van der Waals surface area (Å²) in [7, 11) is 0. The molecular weight excluding hydrogens is 329 g/mol. The van der Waals surface area contributed by atoms with E-state index in [1.807, 2.05) is 19.9 Å². The van der Waals surface area contributed by atoms with Crippen molar-refractivity contribution in [2.75, 3.05) is 5.75 Å². The highest BCUT2D eigenvalue weighted by atomic mass is 32.2. The molecule has 0 aliphatic heterocycles. The number of hydrogen-bond acceptors (Lipinski definition) is 4. The first-order valence-electron chi connectivity index (χ1n) is 7.51. The Kier molecular flexibility index (Phi) is 4.53. The van der Waals surface area contributed by atoms with E-state index in [0.29, 0.717) is 28.3 Å². The summed E-state index contributed by atoms with van der Waals surface area (Å²) in [5, 5.41) is 0.504. The molecule has 0 atom stereocenters. The highest BCUT2D eigenvalue weighted by Crippen LogP contribution is 2.19. The van der Waals surface area contributed by atoms with Crippen molar-refractivity contribution in [3.63, 3.8) is 0 Å². The molecule has 0 unspecified atom stereocenters. The average Bonchev–Trinajstić information content (AvgIpc) is 2.94. The van der Waals surface area contributed by atoms with Crippen molar-refractivity contribution in [1.29, 1.82) is 0 Å². The van der Waals surface area contributed by atoms with Crippen molar-refractivity contribution in [3.05, 3.63) is 57.8 Å². The van der Waals surface area contributed by atoms with Crippen LogP contribution in [0, 0.1) is 12.7 Å². The quantitative estimate of drug-likeness (QED) is 0.438. The first-order valence-corrected chi connectivity index (χ1v) is 8.50. The normalized spacial score (nSPS) is 11.1. The van der Waals surface area contributed by atoms with E-state index < -0.39 is 0 Å². The molecule has 2 heterocycles. The second kappa shape index (κ2) is 6.60. The molecule has 3 rings (SSSR count). The maximum atomic E-state index is 12.9. The molecule has 1 N–H and O–H groups in total. The Morgan fingerprint density at radius 2 is 2.04 bits per heavy atom. The van der Waals surface area contributed by atoms with Crippen LogP contribution in [0.5, 0.6) is 0 Å². The number of Topliss-reactive ketones (excluding diaryl/α,β-unsaturated/α-hetero) is 1. The summed E-state index contributed by atoms with van der Waals surface area (Å²) in [5.74, 6) is -0.385. The fourth-order valence-electron chi connectivity index (χ4n) is 2.45. The third-order valence-electron chi connectivity index (χ3n) is 3.65.